The number of nitrogens with two attached hydrogens (primary N) is 1. The molecule has 246 valence electrons. The topological polar surface area (TPSA) is 178 Å². The summed E-state index contributed by atoms with van der Waals surface area (Å²) in [7, 11) is -1.95. The number of imidazole rings is 1. The molecule has 5 rings (SSSR count). The van der Waals surface area contributed by atoms with Gasteiger partial charge in [0.2, 0.25) is 10.0 Å². The average Bonchev–Trinajstić information content (AvgIpc) is 3.65. The van der Waals surface area contributed by atoms with Crippen LogP contribution >= 0.6 is 37.2 Å². The molecule has 2 atom stereocenters. The van der Waals surface area contributed by atoms with Crippen LogP contribution in [0, 0.1) is 5.41 Å². The number of H-pyrrole nitrogens is 1. The Morgan fingerprint density at radius 2 is 1.60 bits per heavy atom. The van der Waals surface area contributed by atoms with Crippen LogP contribution in [-0.2, 0) is 14.8 Å². The van der Waals surface area contributed by atoms with Crippen LogP contribution in [0.5, 0.6) is 0 Å². The average molecular weight is 704 g/mol. The van der Waals surface area contributed by atoms with E-state index in [1.54, 1.807) is 42.6 Å². The smallest absolute Gasteiger partial charge is 0.411 e. The molecule has 1 aromatic heterocycles. The van der Waals surface area contributed by atoms with Crippen LogP contribution in [0.3, 0.4) is 0 Å². The van der Waals surface area contributed by atoms with Gasteiger partial charge < -0.3 is 20.4 Å². The molecule has 2 aliphatic rings. The maximum absolute atomic E-state index is 13.8. The standard InChI is InChI=1S/C28H34N8O5S.3ClH/c1-41-28(38)32-21-9-7-18(8-10-21)23-16-31-26(33-23)24-15-22(34-11-13-35(14-12-34)42(2,39)40)17-36(24)27(37)20-5-3-19(4-6-20)25(29)30;;;/h3-10,16,22,24H,11-15,17H2,1-2H3,(H3,29,30)(H,31,33)(H,32,38);3*1H/t22-,24-;;;/m0.../s1. The first kappa shape index (κ1) is 37.8. The van der Waals surface area contributed by atoms with Gasteiger partial charge >= 0.3 is 6.09 Å². The molecule has 5 N–H and O–H groups in total. The zero-order valence-electron chi connectivity index (χ0n) is 24.6. The highest BCUT2D eigenvalue weighted by Crippen LogP contribution is 2.36. The summed E-state index contributed by atoms with van der Waals surface area (Å²) in [4.78, 5) is 37.4. The van der Waals surface area contributed by atoms with Crippen LogP contribution in [0.2, 0.25) is 0 Å². The number of nitrogens with one attached hydrogen (secondary N) is 3. The number of rotatable bonds is 7. The van der Waals surface area contributed by atoms with Crippen molar-refractivity contribution in [2.24, 2.45) is 5.73 Å². The van der Waals surface area contributed by atoms with Gasteiger partial charge in [0, 0.05) is 55.6 Å². The van der Waals surface area contributed by atoms with E-state index >= 15 is 0 Å². The fourth-order valence-electron chi connectivity index (χ4n) is 5.48. The summed E-state index contributed by atoms with van der Waals surface area (Å²) in [6.07, 6.45) is 3.02. The summed E-state index contributed by atoms with van der Waals surface area (Å²) in [5.41, 5.74) is 8.81. The molecule has 0 unspecified atom stereocenters. The van der Waals surface area contributed by atoms with Gasteiger partial charge in [0.05, 0.1) is 31.3 Å². The Morgan fingerprint density at radius 1 is 1.00 bits per heavy atom. The third-order valence-corrected chi connectivity index (χ3v) is 9.08. The Hall–Kier alpha value is -3.40. The summed E-state index contributed by atoms with van der Waals surface area (Å²) < 4.78 is 30.1. The molecule has 2 amide bonds. The van der Waals surface area contributed by atoms with E-state index in [4.69, 9.17) is 11.1 Å². The number of carbonyl (C=O) groups excluding carboxylic acids is 2. The predicted molar refractivity (Wildman–Crippen MR) is 179 cm³/mol. The lowest BCUT2D eigenvalue weighted by Crippen LogP contribution is -2.52. The first-order chi connectivity index (χ1) is 20.0. The number of anilines is 1. The van der Waals surface area contributed by atoms with Gasteiger partial charge in [-0.05, 0) is 36.2 Å². The second kappa shape index (κ2) is 15.7. The third kappa shape index (κ3) is 8.66. The van der Waals surface area contributed by atoms with Gasteiger partial charge in [-0.1, -0.05) is 24.3 Å². The number of aromatic amines is 1. The Kier molecular flexibility index (Phi) is 13.2. The number of methoxy groups -OCH3 is 1. The molecule has 45 heavy (non-hydrogen) atoms. The normalized spacial score (nSPS) is 18.6. The highest BCUT2D eigenvalue weighted by Gasteiger charge is 2.41. The van der Waals surface area contributed by atoms with Crippen LogP contribution in [0.1, 0.15) is 34.2 Å². The molecule has 0 aliphatic carbocycles. The number of piperazine rings is 1. The van der Waals surface area contributed by atoms with Crippen molar-refractivity contribution in [2.75, 3.05) is 51.4 Å². The number of hydrogen-bond donors (Lipinski definition) is 4. The number of nitrogens with zero attached hydrogens (tertiary/aromatic N) is 4. The van der Waals surface area contributed by atoms with Crippen molar-refractivity contribution in [2.45, 2.75) is 18.5 Å². The third-order valence-electron chi connectivity index (χ3n) is 7.78. The summed E-state index contributed by atoms with van der Waals surface area (Å²) in [5.74, 6) is 0.412. The number of halogens is 3. The fourth-order valence-corrected chi connectivity index (χ4v) is 6.30. The molecule has 0 spiro atoms. The van der Waals surface area contributed by atoms with Crippen molar-refractivity contribution in [3.63, 3.8) is 0 Å². The number of nitrogen functional groups attached to an aromatic ring is 1. The maximum atomic E-state index is 13.8. The van der Waals surface area contributed by atoms with Crippen molar-refractivity contribution in [1.82, 2.24) is 24.1 Å². The number of carbonyl (C=O) groups is 2. The number of aromatic nitrogens is 2. The van der Waals surface area contributed by atoms with Crippen molar-refractivity contribution < 1.29 is 22.7 Å². The molecule has 0 radical (unpaired) electrons. The van der Waals surface area contributed by atoms with E-state index in [0.717, 1.165) is 11.3 Å². The van der Waals surface area contributed by atoms with Crippen molar-refractivity contribution >= 4 is 70.8 Å². The molecule has 13 nitrogen and oxygen atoms in total. The Bertz CT molecular complexity index is 1580. The summed E-state index contributed by atoms with van der Waals surface area (Å²) in [6, 6.07) is 13.6. The minimum Gasteiger partial charge on any atom is -0.453 e. The van der Waals surface area contributed by atoms with E-state index in [1.165, 1.54) is 17.7 Å². The zero-order chi connectivity index (χ0) is 30.0. The molecule has 3 heterocycles. The SMILES string of the molecule is COC(=O)Nc1ccc(-c2cnc([C@@H]3C[C@H](N4CCN(S(C)(=O)=O)CC4)CN3C(=O)c3ccc(C(=N)N)cc3)[nH]2)cc1.Cl.Cl.Cl. The first-order valence-electron chi connectivity index (χ1n) is 13.5. The summed E-state index contributed by atoms with van der Waals surface area (Å²) in [5, 5.41) is 10.3. The molecule has 2 aliphatic heterocycles. The minimum absolute atomic E-state index is 0. The minimum atomic E-state index is -3.25. The van der Waals surface area contributed by atoms with Gasteiger partial charge in [0.15, 0.2) is 0 Å². The lowest BCUT2D eigenvalue weighted by atomic mass is 10.1. The van der Waals surface area contributed by atoms with Crippen LogP contribution in [0.15, 0.2) is 54.7 Å². The molecule has 0 saturated carbocycles. The molecule has 17 heteroatoms. The molecule has 2 fully saturated rings. The molecule has 3 aromatic rings. The van der Waals surface area contributed by atoms with Gasteiger partial charge in [-0.3, -0.25) is 20.4 Å². The molecule has 2 aromatic carbocycles. The summed E-state index contributed by atoms with van der Waals surface area (Å²) in [6.45, 7) is 2.43. The maximum Gasteiger partial charge on any atom is 0.411 e. The lowest BCUT2D eigenvalue weighted by Gasteiger charge is -2.36. The van der Waals surface area contributed by atoms with E-state index in [2.05, 4.69) is 24.9 Å². The summed E-state index contributed by atoms with van der Waals surface area (Å²) >= 11 is 0. The second-order valence-electron chi connectivity index (χ2n) is 10.4. The molecule has 0 bridgehead atoms. The van der Waals surface area contributed by atoms with Gasteiger partial charge in [-0.15, -0.1) is 37.2 Å². The quantitative estimate of drug-likeness (QED) is 0.214. The number of hydrogen-bond acceptors (Lipinski definition) is 8. The number of amides is 2. The highest BCUT2D eigenvalue weighted by atomic mass is 35.5. The van der Waals surface area contributed by atoms with E-state index in [-0.39, 0.29) is 61.0 Å². The van der Waals surface area contributed by atoms with Crippen molar-refractivity contribution in [3.8, 4) is 11.3 Å². The number of benzene rings is 2. The molecule has 2 saturated heterocycles. The van der Waals surface area contributed by atoms with Crippen LogP contribution < -0.4 is 11.1 Å². The fraction of sp³-hybridized carbons (Fsp3) is 0.357. The van der Waals surface area contributed by atoms with E-state index in [1.807, 2.05) is 17.0 Å². The largest absolute Gasteiger partial charge is 0.453 e. The van der Waals surface area contributed by atoms with E-state index < -0.39 is 16.1 Å². The van der Waals surface area contributed by atoms with E-state index in [9.17, 15) is 18.0 Å². The lowest BCUT2D eigenvalue weighted by molar-refractivity contribution is 0.0713. The van der Waals surface area contributed by atoms with Gasteiger partial charge in [-0.2, -0.15) is 4.31 Å². The van der Waals surface area contributed by atoms with Gasteiger partial charge in [-0.25, -0.2) is 18.2 Å². The number of amidine groups is 1. The predicted octanol–water partition coefficient (Wildman–Crippen LogP) is 3.34. The Morgan fingerprint density at radius 3 is 2.16 bits per heavy atom. The van der Waals surface area contributed by atoms with Crippen LogP contribution in [0.4, 0.5) is 10.5 Å². The van der Waals surface area contributed by atoms with Gasteiger partial charge in [0.25, 0.3) is 5.91 Å². The first-order valence-corrected chi connectivity index (χ1v) is 15.3. The molecular formula is C28H37Cl3N8O5S. The van der Waals surface area contributed by atoms with Gasteiger partial charge in [0.1, 0.15) is 11.7 Å². The number of sulfonamides is 1. The van der Waals surface area contributed by atoms with Crippen LogP contribution in [-0.4, -0.2) is 102 Å². The molecular weight excluding hydrogens is 667 g/mol. The number of ether oxygens (including phenoxy) is 1. The zero-order valence-corrected chi connectivity index (χ0v) is 27.9. The monoisotopic (exact) mass is 702 g/mol. The van der Waals surface area contributed by atoms with Crippen molar-refractivity contribution in [3.05, 3.63) is 71.7 Å². The highest BCUT2D eigenvalue weighted by molar-refractivity contribution is 7.88. The van der Waals surface area contributed by atoms with E-state index in [0.29, 0.717) is 61.8 Å². The Balaban J connectivity index is 0.00000235. The number of likely N-dealkylation sites (tertiary alicyclic amines) is 1. The van der Waals surface area contributed by atoms with Crippen LogP contribution in [0.25, 0.3) is 11.3 Å². The Labute approximate surface area is 280 Å². The van der Waals surface area contributed by atoms with Crippen molar-refractivity contribution in [1.29, 1.82) is 5.41 Å². The second-order valence-corrected chi connectivity index (χ2v) is 12.4.